The zero-order chi connectivity index (χ0) is 23.8. The van der Waals surface area contributed by atoms with E-state index in [0.717, 1.165) is 4.31 Å². The molecule has 0 radical (unpaired) electrons. The van der Waals surface area contributed by atoms with Gasteiger partial charge in [-0.25, -0.2) is 17.6 Å². The standard InChI is InChI=1S/C20H18ClF4NO5S/c1-26(32(29,30)14-6-11(20(23,24)25)5-13(22)9-14)17-4-2-3-15-16(17)7-12(21)8-18(15)31-10-19(27)28/h5-9,17H,2-4,10H2,1H3,(H,27,28). The summed E-state index contributed by atoms with van der Waals surface area (Å²) >= 11 is 6.12. The minimum Gasteiger partial charge on any atom is -0.482 e. The lowest BCUT2D eigenvalue weighted by Gasteiger charge is -2.33. The molecular weight excluding hydrogens is 478 g/mol. The number of hydrogen-bond acceptors (Lipinski definition) is 4. The molecule has 3 rings (SSSR count). The number of fused-ring (bicyclic) bond motifs is 1. The number of halogens is 5. The first-order valence-electron chi connectivity index (χ1n) is 9.33. The molecule has 0 heterocycles. The van der Waals surface area contributed by atoms with E-state index >= 15 is 0 Å². The molecule has 1 aliphatic rings. The van der Waals surface area contributed by atoms with Crippen LogP contribution in [0.25, 0.3) is 0 Å². The van der Waals surface area contributed by atoms with E-state index in [-0.39, 0.29) is 16.8 Å². The Bertz CT molecular complexity index is 1150. The van der Waals surface area contributed by atoms with Gasteiger partial charge in [-0.05, 0) is 60.7 Å². The highest BCUT2D eigenvalue weighted by atomic mass is 35.5. The largest absolute Gasteiger partial charge is 0.482 e. The van der Waals surface area contributed by atoms with Crippen LogP contribution in [-0.4, -0.2) is 37.5 Å². The van der Waals surface area contributed by atoms with Crippen LogP contribution in [0.5, 0.6) is 5.75 Å². The fourth-order valence-corrected chi connectivity index (χ4v) is 5.32. The van der Waals surface area contributed by atoms with Crippen molar-refractivity contribution in [3.05, 3.63) is 57.9 Å². The van der Waals surface area contributed by atoms with Crippen LogP contribution in [0.15, 0.2) is 35.2 Å². The minimum atomic E-state index is -4.92. The summed E-state index contributed by atoms with van der Waals surface area (Å²) in [5.41, 5.74) is -0.409. The predicted molar refractivity (Wildman–Crippen MR) is 107 cm³/mol. The molecular formula is C20H18ClF4NO5S. The number of carboxylic acids is 1. The maximum atomic E-state index is 13.8. The van der Waals surface area contributed by atoms with Crippen molar-refractivity contribution in [1.82, 2.24) is 4.31 Å². The SMILES string of the molecule is CN(C1CCCc2c(OCC(=O)O)cc(Cl)cc21)S(=O)(=O)c1cc(F)cc(C(F)(F)F)c1. The van der Waals surface area contributed by atoms with E-state index in [1.165, 1.54) is 19.2 Å². The molecule has 0 aliphatic heterocycles. The molecule has 2 aromatic carbocycles. The molecule has 174 valence electrons. The third kappa shape index (κ3) is 5.00. The first kappa shape index (κ1) is 24.3. The van der Waals surface area contributed by atoms with Crippen molar-refractivity contribution < 1.29 is 40.6 Å². The van der Waals surface area contributed by atoms with Gasteiger partial charge in [-0.15, -0.1) is 0 Å². The van der Waals surface area contributed by atoms with Gasteiger partial charge in [-0.1, -0.05) is 11.6 Å². The van der Waals surface area contributed by atoms with Gasteiger partial charge in [0.15, 0.2) is 6.61 Å². The second-order valence-electron chi connectivity index (χ2n) is 7.26. The Kier molecular flexibility index (Phi) is 6.73. The van der Waals surface area contributed by atoms with Gasteiger partial charge in [0.2, 0.25) is 10.0 Å². The van der Waals surface area contributed by atoms with Crippen LogP contribution < -0.4 is 4.74 Å². The quantitative estimate of drug-likeness (QED) is 0.589. The number of alkyl halides is 3. The third-order valence-corrected chi connectivity index (χ3v) is 7.20. The Morgan fingerprint density at radius 1 is 1.25 bits per heavy atom. The summed E-state index contributed by atoms with van der Waals surface area (Å²) in [5, 5.41) is 9.04. The number of rotatable bonds is 6. The molecule has 1 atom stereocenters. The van der Waals surface area contributed by atoms with Crippen LogP contribution in [-0.2, 0) is 27.4 Å². The Hall–Kier alpha value is -2.37. The van der Waals surface area contributed by atoms with Gasteiger partial charge in [-0.3, -0.25) is 0 Å². The van der Waals surface area contributed by atoms with Crippen molar-refractivity contribution in [2.24, 2.45) is 0 Å². The Morgan fingerprint density at radius 3 is 2.56 bits per heavy atom. The lowest BCUT2D eigenvalue weighted by Crippen LogP contribution is -2.34. The lowest BCUT2D eigenvalue weighted by molar-refractivity contribution is -0.139. The second-order valence-corrected chi connectivity index (χ2v) is 9.69. The van der Waals surface area contributed by atoms with Gasteiger partial charge in [0.1, 0.15) is 11.6 Å². The van der Waals surface area contributed by atoms with Crippen molar-refractivity contribution in [2.45, 2.75) is 36.4 Å². The molecule has 6 nitrogen and oxygen atoms in total. The van der Waals surface area contributed by atoms with Crippen molar-refractivity contribution in [3.63, 3.8) is 0 Å². The summed E-state index contributed by atoms with van der Waals surface area (Å²) < 4.78 is 85.4. The number of carbonyl (C=O) groups is 1. The van der Waals surface area contributed by atoms with Crippen LogP contribution >= 0.6 is 11.6 Å². The number of ether oxygens (including phenoxy) is 1. The number of carboxylic acid groups (broad SMARTS) is 1. The first-order valence-corrected chi connectivity index (χ1v) is 11.1. The molecule has 32 heavy (non-hydrogen) atoms. The van der Waals surface area contributed by atoms with Gasteiger partial charge in [0.05, 0.1) is 16.5 Å². The average molecular weight is 496 g/mol. The average Bonchev–Trinajstić information content (AvgIpc) is 2.69. The fourth-order valence-electron chi connectivity index (χ4n) is 3.68. The first-order chi connectivity index (χ1) is 14.8. The number of hydrogen-bond donors (Lipinski definition) is 1. The van der Waals surface area contributed by atoms with E-state index in [1.54, 1.807) is 0 Å². The number of sulfonamides is 1. The van der Waals surface area contributed by atoms with Crippen LogP contribution in [0.2, 0.25) is 5.02 Å². The van der Waals surface area contributed by atoms with E-state index in [2.05, 4.69) is 0 Å². The van der Waals surface area contributed by atoms with Gasteiger partial charge in [0.25, 0.3) is 0 Å². The van der Waals surface area contributed by atoms with E-state index in [9.17, 15) is 30.8 Å². The number of benzene rings is 2. The van der Waals surface area contributed by atoms with Crippen molar-refractivity contribution in [1.29, 1.82) is 0 Å². The Labute approximate surface area is 186 Å². The number of nitrogens with zero attached hydrogens (tertiary/aromatic N) is 1. The van der Waals surface area contributed by atoms with Crippen LogP contribution in [0, 0.1) is 5.82 Å². The second kappa shape index (κ2) is 8.87. The summed E-state index contributed by atoms with van der Waals surface area (Å²) in [6, 6.07) is 3.24. The summed E-state index contributed by atoms with van der Waals surface area (Å²) in [6.07, 6.45) is -3.64. The van der Waals surface area contributed by atoms with Crippen LogP contribution in [0.4, 0.5) is 17.6 Å². The molecule has 1 N–H and O–H groups in total. The highest BCUT2D eigenvalue weighted by molar-refractivity contribution is 7.89. The molecule has 1 unspecified atom stereocenters. The maximum absolute atomic E-state index is 13.8. The highest BCUT2D eigenvalue weighted by Crippen LogP contribution is 2.42. The van der Waals surface area contributed by atoms with Crippen molar-refractivity contribution in [3.8, 4) is 5.75 Å². The summed E-state index contributed by atoms with van der Waals surface area (Å²) in [6.45, 7) is -0.630. The molecule has 1 aliphatic carbocycles. The van der Waals surface area contributed by atoms with Crippen molar-refractivity contribution in [2.75, 3.05) is 13.7 Å². The molecule has 0 bridgehead atoms. The smallest absolute Gasteiger partial charge is 0.416 e. The number of aliphatic carboxylic acids is 1. The van der Waals surface area contributed by atoms with Gasteiger partial charge in [0, 0.05) is 12.1 Å². The summed E-state index contributed by atoms with van der Waals surface area (Å²) in [5.74, 6) is -2.35. The van der Waals surface area contributed by atoms with E-state index < -0.39 is 51.1 Å². The molecule has 12 heteroatoms. The van der Waals surface area contributed by atoms with Gasteiger partial charge < -0.3 is 9.84 Å². The van der Waals surface area contributed by atoms with Crippen molar-refractivity contribution >= 4 is 27.6 Å². The van der Waals surface area contributed by atoms with Crippen LogP contribution in [0.3, 0.4) is 0 Å². The van der Waals surface area contributed by atoms with Gasteiger partial charge in [-0.2, -0.15) is 17.5 Å². The lowest BCUT2D eigenvalue weighted by atomic mass is 9.87. The Morgan fingerprint density at radius 2 is 1.94 bits per heavy atom. The van der Waals surface area contributed by atoms with Crippen LogP contribution in [0.1, 0.15) is 35.6 Å². The normalized spacial score (nSPS) is 16.7. The molecule has 0 saturated carbocycles. The zero-order valence-electron chi connectivity index (χ0n) is 16.6. The topological polar surface area (TPSA) is 83.9 Å². The summed E-state index contributed by atoms with van der Waals surface area (Å²) in [4.78, 5) is 10.0. The Balaban J connectivity index is 2.04. The minimum absolute atomic E-state index is 0.173. The summed E-state index contributed by atoms with van der Waals surface area (Å²) in [7, 11) is -3.34. The predicted octanol–water partition coefficient (Wildman–Crippen LogP) is 4.66. The molecule has 0 fully saturated rings. The van der Waals surface area contributed by atoms with E-state index in [1.807, 2.05) is 0 Å². The highest BCUT2D eigenvalue weighted by Gasteiger charge is 2.37. The van der Waals surface area contributed by atoms with E-state index in [0.29, 0.717) is 42.5 Å². The van der Waals surface area contributed by atoms with E-state index in [4.69, 9.17) is 21.4 Å². The fraction of sp³-hybridized carbons (Fsp3) is 0.350. The monoisotopic (exact) mass is 495 g/mol. The molecule has 0 saturated heterocycles. The molecule has 0 aromatic heterocycles. The molecule has 0 spiro atoms. The third-order valence-electron chi connectivity index (χ3n) is 5.14. The molecule has 0 amide bonds. The van der Waals surface area contributed by atoms with Gasteiger partial charge >= 0.3 is 12.1 Å². The molecule has 2 aromatic rings. The zero-order valence-corrected chi connectivity index (χ0v) is 18.2. The maximum Gasteiger partial charge on any atom is 0.416 e.